The van der Waals surface area contributed by atoms with Crippen molar-refractivity contribution in [2.75, 3.05) is 5.88 Å². The highest BCUT2D eigenvalue weighted by atomic mass is 35.5. The first-order chi connectivity index (χ1) is 5.92. The number of fused-ring (bicyclic) bond motifs is 1. The average Bonchev–Trinajstić information content (AvgIpc) is 2.50. The first-order valence-corrected chi connectivity index (χ1v) is 4.78. The van der Waals surface area contributed by atoms with E-state index in [9.17, 15) is 0 Å². The van der Waals surface area contributed by atoms with Crippen LogP contribution in [0.5, 0.6) is 0 Å². The second kappa shape index (κ2) is 3.32. The number of halogens is 1. The Labute approximate surface area is 77.9 Å². The molecule has 0 radical (unpaired) electrons. The van der Waals surface area contributed by atoms with Gasteiger partial charge in [-0.2, -0.15) is 0 Å². The first-order valence-electron chi connectivity index (χ1n) is 4.25. The van der Waals surface area contributed by atoms with Crippen molar-refractivity contribution in [3.8, 4) is 0 Å². The summed E-state index contributed by atoms with van der Waals surface area (Å²) in [4.78, 5) is 0. The lowest BCUT2D eigenvalue weighted by Crippen LogP contribution is -1.84. The van der Waals surface area contributed by atoms with Crippen LogP contribution in [0, 0.1) is 0 Å². The minimum atomic E-state index is 0.722. The second-order valence-corrected chi connectivity index (χ2v) is 3.41. The SMILES string of the molecule is ClCCC1=CCc2ccccc21. The van der Waals surface area contributed by atoms with Gasteiger partial charge in [-0.3, -0.25) is 0 Å². The van der Waals surface area contributed by atoms with Gasteiger partial charge in [0.25, 0.3) is 0 Å². The molecule has 0 N–H and O–H groups in total. The van der Waals surface area contributed by atoms with Gasteiger partial charge in [-0.25, -0.2) is 0 Å². The zero-order valence-electron chi connectivity index (χ0n) is 6.89. The molecule has 0 atom stereocenters. The number of rotatable bonds is 2. The molecular formula is C11H11Cl. The van der Waals surface area contributed by atoms with Crippen molar-refractivity contribution < 1.29 is 0 Å². The summed E-state index contributed by atoms with van der Waals surface area (Å²) in [6, 6.07) is 8.55. The standard InChI is InChI=1S/C11H11Cl/c12-8-7-10-6-5-9-3-1-2-4-11(9)10/h1-4,6H,5,7-8H2. The number of alkyl halides is 1. The third kappa shape index (κ3) is 1.27. The van der Waals surface area contributed by atoms with Gasteiger partial charge < -0.3 is 0 Å². The largest absolute Gasteiger partial charge is 0.126 e. The van der Waals surface area contributed by atoms with E-state index < -0.39 is 0 Å². The van der Waals surface area contributed by atoms with E-state index in [4.69, 9.17) is 11.6 Å². The highest BCUT2D eigenvalue weighted by Gasteiger charge is 2.11. The molecule has 0 fully saturated rings. The van der Waals surface area contributed by atoms with Gasteiger partial charge in [-0.05, 0) is 29.5 Å². The Morgan fingerprint density at radius 3 is 2.92 bits per heavy atom. The van der Waals surface area contributed by atoms with Crippen molar-refractivity contribution >= 4 is 17.2 Å². The van der Waals surface area contributed by atoms with Gasteiger partial charge in [-0.1, -0.05) is 30.3 Å². The molecule has 0 spiro atoms. The molecule has 1 heteroatoms. The molecule has 62 valence electrons. The van der Waals surface area contributed by atoms with Crippen LogP contribution in [0.15, 0.2) is 30.3 Å². The fourth-order valence-corrected chi connectivity index (χ4v) is 1.90. The zero-order chi connectivity index (χ0) is 8.39. The lowest BCUT2D eigenvalue weighted by Gasteiger charge is -2.02. The molecule has 12 heavy (non-hydrogen) atoms. The van der Waals surface area contributed by atoms with E-state index in [0.29, 0.717) is 0 Å². The number of allylic oxidation sites excluding steroid dienone is 2. The molecule has 0 nitrogen and oxygen atoms in total. The maximum Gasteiger partial charge on any atom is 0.0264 e. The van der Waals surface area contributed by atoms with Crippen LogP contribution < -0.4 is 0 Å². The van der Waals surface area contributed by atoms with E-state index in [-0.39, 0.29) is 0 Å². The summed E-state index contributed by atoms with van der Waals surface area (Å²) >= 11 is 5.71. The Morgan fingerprint density at radius 1 is 1.25 bits per heavy atom. The molecule has 0 unspecified atom stereocenters. The van der Waals surface area contributed by atoms with Crippen molar-refractivity contribution in [3.05, 3.63) is 41.5 Å². The van der Waals surface area contributed by atoms with Gasteiger partial charge in [0.1, 0.15) is 0 Å². The molecule has 1 aliphatic carbocycles. The van der Waals surface area contributed by atoms with Crippen molar-refractivity contribution in [1.82, 2.24) is 0 Å². The minimum Gasteiger partial charge on any atom is -0.126 e. The molecule has 1 aromatic carbocycles. The average molecular weight is 179 g/mol. The quantitative estimate of drug-likeness (QED) is 0.610. The fourth-order valence-electron chi connectivity index (χ4n) is 1.69. The lowest BCUT2D eigenvalue weighted by atomic mass is 10.0. The molecule has 2 rings (SSSR count). The number of benzene rings is 1. The number of hydrogen-bond donors (Lipinski definition) is 0. The van der Waals surface area contributed by atoms with Crippen LogP contribution in [-0.4, -0.2) is 5.88 Å². The summed E-state index contributed by atoms with van der Waals surface area (Å²) in [5, 5.41) is 0. The van der Waals surface area contributed by atoms with Crippen LogP contribution in [0.4, 0.5) is 0 Å². The highest BCUT2D eigenvalue weighted by Crippen LogP contribution is 2.29. The summed E-state index contributed by atoms with van der Waals surface area (Å²) in [5.74, 6) is 0.722. The van der Waals surface area contributed by atoms with Crippen LogP contribution >= 0.6 is 11.6 Å². The number of hydrogen-bond acceptors (Lipinski definition) is 0. The Hall–Kier alpha value is -0.750. The molecular weight excluding hydrogens is 168 g/mol. The maximum absolute atomic E-state index is 5.71. The van der Waals surface area contributed by atoms with Crippen LogP contribution in [0.1, 0.15) is 17.5 Å². The van der Waals surface area contributed by atoms with E-state index in [2.05, 4.69) is 30.3 Å². The van der Waals surface area contributed by atoms with Crippen LogP contribution in [0.2, 0.25) is 0 Å². The molecule has 0 aromatic heterocycles. The van der Waals surface area contributed by atoms with E-state index in [1.807, 2.05) is 0 Å². The molecule has 0 amide bonds. The summed E-state index contributed by atoms with van der Waals surface area (Å²) in [5.41, 5.74) is 4.26. The third-order valence-electron chi connectivity index (χ3n) is 2.30. The smallest absolute Gasteiger partial charge is 0.0264 e. The predicted octanol–water partition coefficient (Wildman–Crippen LogP) is 3.26. The topological polar surface area (TPSA) is 0 Å². The summed E-state index contributed by atoms with van der Waals surface area (Å²) < 4.78 is 0. The van der Waals surface area contributed by atoms with Gasteiger partial charge in [0.05, 0.1) is 0 Å². The third-order valence-corrected chi connectivity index (χ3v) is 2.48. The Bertz CT molecular complexity index is 313. The summed E-state index contributed by atoms with van der Waals surface area (Å²) in [6.07, 6.45) is 4.37. The molecule has 0 bridgehead atoms. The maximum atomic E-state index is 5.71. The predicted molar refractivity (Wildman–Crippen MR) is 53.5 cm³/mol. The van der Waals surface area contributed by atoms with Crippen molar-refractivity contribution in [1.29, 1.82) is 0 Å². The van der Waals surface area contributed by atoms with Crippen molar-refractivity contribution in [3.63, 3.8) is 0 Å². The van der Waals surface area contributed by atoms with Crippen LogP contribution in [0.3, 0.4) is 0 Å². The van der Waals surface area contributed by atoms with Gasteiger partial charge in [0.15, 0.2) is 0 Å². The Balaban J connectivity index is 2.32. The normalized spacial score (nSPS) is 14.2. The second-order valence-electron chi connectivity index (χ2n) is 3.03. The summed E-state index contributed by atoms with van der Waals surface area (Å²) in [6.45, 7) is 0. The molecule has 1 aromatic rings. The van der Waals surface area contributed by atoms with E-state index in [0.717, 1.165) is 18.7 Å². The van der Waals surface area contributed by atoms with Crippen LogP contribution in [0.25, 0.3) is 5.57 Å². The molecule has 0 saturated carbocycles. The summed E-state index contributed by atoms with van der Waals surface area (Å²) in [7, 11) is 0. The van der Waals surface area contributed by atoms with Crippen molar-refractivity contribution in [2.24, 2.45) is 0 Å². The highest BCUT2D eigenvalue weighted by molar-refractivity contribution is 6.18. The first kappa shape index (κ1) is 7.88. The van der Waals surface area contributed by atoms with Gasteiger partial charge in [-0.15, -0.1) is 11.6 Å². The lowest BCUT2D eigenvalue weighted by molar-refractivity contribution is 1.26. The molecule has 0 saturated heterocycles. The molecule has 1 aliphatic rings. The monoisotopic (exact) mass is 178 g/mol. The van der Waals surface area contributed by atoms with Gasteiger partial charge in [0, 0.05) is 5.88 Å². The van der Waals surface area contributed by atoms with Crippen molar-refractivity contribution in [2.45, 2.75) is 12.8 Å². The van der Waals surface area contributed by atoms with E-state index in [1.54, 1.807) is 0 Å². The van der Waals surface area contributed by atoms with Crippen LogP contribution in [-0.2, 0) is 6.42 Å². The van der Waals surface area contributed by atoms with Gasteiger partial charge >= 0.3 is 0 Å². The van der Waals surface area contributed by atoms with E-state index in [1.165, 1.54) is 16.7 Å². The zero-order valence-corrected chi connectivity index (χ0v) is 7.64. The van der Waals surface area contributed by atoms with Gasteiger partial charge in [0.2, 0.25) is 0 Å². The molecule has 0 heterocycles. The minimum absolute atomic E-state index is 0.722. The van der Waals surface area contributed by atoms with E-state index >= 15 is 0 Å². The fraction of sp³-hybridized carbons (Fsp3) is 0.273. The Kier molecular flexibility index (Phi) is 2.18. The molecule has 0 aliphatic heterocycles. The Morgan fingerprint density at radius 2 is 2.08 bits per heavy atom.